The monoisotopic (exact) mass is 369 g/mol. The maximum Gasteiger partial charge on any atom is 0.256 e. The van der Waals surface area contributed by atoms with Crippen molar-refractivity contribution in [3.8, 4) is 0 Å². The average molecular weight is 369 g/mol. The first-order valence-corrected chi connectivity index (χ1v) is 9.80. The minimum atomic E-state index is 0.0149. The number of hydrogen-bond acceptors (Lipinski definition) is 6. The van der Waals surface area contributed by atoms with Crippen molar-refractivity contribution in [2.45, 2.75) is 45.1 Å². The Bertz CT molecular complexity index is 787. The molecule has 4 rings (SSSR count). The molecule has 0 saturated carbocycles. The van der Waals surface area contributed by atoms with E-state index in [9.17, 15) is 4.79 Å². The van der Waals surface area contributed by atoms with Crippen LogP contribution in [0.1, 0.15) is 59.4 Å². The van der Waals surface area contributed by atoms with Crippen molar-refractivity contribution in [1.82, 2.24) is 34.5 Å². The van der Waals surface area contributed by atoms with Gasteiger partial charge in [-0.2, -0.15) is 0 Å². The van der Waals surface area contributed by atoms with E-state index in [1.807, 2.05) is 11.8 Å². The number of hydrogen-bond donors (Lipinski definition) is 0. The van der Waals surface area contributed by atoms with Gasteiger partial charge in [0.15, 0.2) is 0 Å². The summed E-state index contributed by atoms with van der Waals surface area (Å²) in [5.74, 6) is 3.14. The van der Waals surface area contributed by atoms with Gasteiger partial charge in [-0.25, -0.2) is 9.97 Å². The van der Waals surface area contributed by atoms with E-state index in [1.54, 1.807) is 12.4 Å². The van der Waals surface area contributed by atoms with E-state index in [4.69, 9.17) is 0 Å². The fourth-order valence-electron chi connectivity index (χ4n) is 4.04. The molecule has 0 atom stereocenters. The van der Waals surface area contributed by atoms with E-state index in [-0.39, 0.29) is 5.91 Å². The summed E-state index contributed by atoms with van der Waals surface area (Å²) >= 11 is 0. The Labute approximate surface area is 159 Å². The number of aromatic nitrogens is 5. The molecule has 144 valence electrons. The molecule has 8 heteroatoms. The van der Waals surface area contributed by atoms with E-state index in [0.29, 0.717) is 17.3 Å². The fraction of sp³-hybridized carbons (Fsp3) is 0.632. The number of likely N-dealkylation sites (tertiary alicyclic amines) is 2. The Morgan fingerprint density at radius 1 is 1.07 bits per heavy atom. The van der Waals surface area contributed by atoms with Gasteiger partial charge in [0.05, 0.1) is 12.1 Å². The summed E-state index contributed by atoms with van der Waals surface area (Å²) in [7, 11) is 2.07. The predicted molar refractivity (Wildman–Crippen MR) is 100 cm³/mol. The average Bonchev–Trinajstić information content (AvgIpc) is 3.33. The highest BCUT2D eigenvalue weighted by atomic mass is 16.2. The van der Waals surface area contributed by atoms with Gasteiger partial charge in [0, 0.05) is 38.4 Å². The zero-order valence-corrected chi connectivity index (χ0v) is 16.1. The van der Waals surface area contributed by atoms with E-state index in [2.05, 4.69) is 36.7 Å². The lowest BCUT2D eigenvalue weighted by atomic mass is 9.95. The molecule has 2 aliphatic rings. The second kappa shape index (κ2) is 7.72. The lowest BCUT2D eigenvalue weighted by Crippen LogP contribution is -2.38. The molecule has 0 aliphatic carbocycles. The van der Waals surface area contributed by atoms with Crippen LogP contribution >= 0.6 is 0 Å². The lowest BCUT2D eigenvalue weighted by molar-refractivity contribution is 0.0709. The molecule has 2 aromatic heterocycles. The molecular weight excluding hydrogens is 342 g/mol. The van der Waals surface area contributed by atoms with Gasteiger partial charge in [-0.15, -0.1) is 10.2 Å². The third-order valence-electron chi connectivity index (χ3n) is 5.74. The molecule has 27 heavy (non-hydrogen) atoms. The second-order valence-electron chi connectivity index (χ2n) is 7.60. The molecule has 4 heterocycles. The Morgan fingerprint density at radius 3 is 2.41 bits per heavy atom. The first-order valence-electron chi connectivity index (χ1n) is 9.80. The summed E-state index contributed by atoms with van der Waals surface area (Å²) in [6.07, 6.45) is 7.61. The van der Waals surface area contributed by atoms with Crippen LogP contribution in [0.5, 0.6) is 0 Å². The number of carbonyl (C=O) groups excluding carboxylic acids is 1. The molecule has 2 aromatic rings. The molecule has 0 bridgehead atoms. The minimum Gasteiger partial charge on any atom is -0.339 e. The minimum absolute atomic E-state index is 0.0149. The van der Waals surface area contributed by atoms with E-state index in [1.165, 1.54) is 12.8 Å². The topological polar surface area (TPSA) is 80.0 Å². The van der Waals surface area contributed by atoms with E-state index in [0.717, 1.165) is 57.2 Å². The number of aryl methyl sites for hydroxylation is 1. The zero-order valence-electron chi connectivity index (χ0n) is 16.1. The summed E-state index contributed by atoms with van der Waals surface area (Å²) in [6, 6.07) is 0. The van der Waals surface area contributed by atoms with Gasteiger partial charge >= 0.3 is 0 Å². The van der Waals surface area contributed by atoms with Gasteiger partial charge in [-0.1, -0.05) is 0 Å². The van der Waals surface area contributed by atoms with Crippen LogP contribution in [0.15, 0.2) is 12.4 Å². The van der Waals surface area contributed by atoms with Gasteiger partial charge in [0.2, 0.25) is 0 Å². The SMILES string of the molecule is Cc1ncc(C(=O)N2CCC(c3nnc(CN4CCCC4)n3C)CC2)cn1. The fourth-order valence-corrected chi connectivity index (χ4v) is 4.04. The summed E-state index contributed by atoms with van der Waals surface area (Å²) in [4.78, 5) is 25.2. The summed E-state index contributed by atoms with van der Waals surface area (Å²) in [6.45, 7) is 6.47. The number of amides is 1. The second-order valence-corrected chi connectivity index (χ2v) is 7.60. The highest BCUT2D eigenvalue weighted by Crippen LogP contribution is 2.28. The molecule has 2 fully saturated rings. The van der Waals surface area contributed by atoms with Crippen LogP contribution < -0.4 is 0 Å². The number of nitrogens with zero attached hydrogens (tertiary/aromatic N) is 7. The Balaban J connectivity index is 1.37. The van der Waals surface area contributed by atoms with Crippen LogP contribution in [0.2, 0.25) is 0 Å². The van der Waals surface area contributed by atoms with Crippen LogP contribution in [0.4, 0.5) is 0 Å². The van der Waals surface area contributed by atoms with Gasteiger partial charge in [-0.05, 0) is 45.7 Å². The van der Waals surface area contributed by atoms with Crippen molar-refractivity contribution < 1.29 is 4.79 Å². The van der Waals surface area contributed by atoms with Crippen LogP contribution in [-0.2, 0) is 13.6 Å². The van der Waals surface area contributed by atoms with Crippen molar-refractivity contribution in [3.63, 3.8) is 0 Å². The van der Waals surface area contributed by atoms with E-state index < -0.39 is 0 Å². The molecule has 8 nitrogen and oxygen atoms in total. The maximum absolute atomic E-state index is 12.6. The molecule has 1 amide bonds. The largest absolute Gasteiger partial charge is 0.339 e. The first-order chi connectivity index (χ1) is 13.1. The van der Waals surface area contributed by atoms with Crippen molar-refractivity contribution in [2.24, 2.45) is 7.05 Å². The third kappa shape index (κ3) is 3.85. The van der Waals surface area contributed by atoms with Crippen molar-refractivity contribution in [1.29, 1.82) is 0 Å². The van der Waals surface area contributed by atoms with Gasteiger partial charge in [0.25, 0.3) is 5.91 Å². The van der Waals surface area contributed by atoms with Crippen LogP contribution in [0, 0.1) is 6.92 Å². The molecular formula is C19H27N7O. The number of carbonyl (C=O) groups is 1. The normalized spacial score (nSPS) is 19.0. The third-order valence-corrected chi connectivity index (χ3v) is 5.74. The molecule has 0 N–H and O–H groups in total. The van der Waals surface area contributed by atoms with Crippen molar-refractivity contribution in [2.75, 3.05) is 26.2 Å². The molecule has 0 spiro atoms. The number of rotatable bonds is 4. The number of piperidine rings is 1. The highest BCUT2D eigenvalue weighted by Gasteiger charge is 2.28. The highest BCUT2D eigenvalue weighted by molar-refractivity contribution is 5.93. The maximum atomic E-state index is 12.6. The summed E-state index contributed by atoms with van der Waals surface area (Å²) in [5.41, 5.74) is 0.561. The standard InChI is InChI=1S/C19H27N7O/c1-14-20-11-16(12-21-14)19(27)26-9-5-15(6-10-26)18-23-22-17(24(18)2)13-25-7-3-4-8-25/h11-12,15H,3-10,13H2,1-2H3. The predicted octanol–water partition coefficient (Wildman–Crippen LogP) is 1.53. The Morgan fingerprint density at radius 2 is 1.74 bits per heavy atom. The van der Waals surface area contributed by atoms with E-state index >= 15 is 0 Å². The van der Waals surface area contributed by atoms with Crippen molar-refractivity contribution in [3.05, 3.63) is 35.4 Å². The molecule has 0 unspecified atom stereocenters. The Hall–Kier alpha value is -2.35. The quantitative estimate of drug-likeness (QED) is 0.813. The van der Waals surface area contributed by atoms with Gasteiger partial charge < -0.3 is 9.47 Å². The lowest BCUT2D eigenvalue weighted by Gasteiger charge is -2.31. The zero-order chi connectivity index (χ0) is 18.8. The first kappa shape index (κ1) is 18.0. The Kier molecular flexibility index (Phi) is 5.15. The summed E-state index contributed by atoms with van der Waals surface area (Å²) in [5, 5.41) is 8.92. The molecule has 2 saturated heterocycles. The van der Waals surface area contributed by atoms with Gasteiger partial charge in [0.1, 0.15) is 17.5 Å². The molecule has 2 aliphatic heterocycles. The van der Waals surface area contributed by atoms with Crippen LogP contribution in [0.3, 0.4) is 0 Å². The van der Waals surface area contributed by atoms with Crippen molar-refractivity contribution >= 4 is 5.91 Å². The van der Waals surface area contributed by atoms with Crippen LogP contribution in [0.25, 0.3) is 0 Å². The summed E-state index contributed by atoms with van der Waals surface area (Å²) < 4.78 is 2.16. The molecule has 0 radical (unpaired) electrons. The smallest absolute Gasteiger partial charge is 0.256 e. The molecule has 0 aromatic carbocycles. The van der Waals surface area contributed by atoms with Gasteiger partial charge in [-0.3, -0.25) is 9.69 Å². The van der Waals surface area contributed by atoms with Crippen LogP contribution in [-0.4, -0.2) is 66.6 Å².